The van der Waals surface area contributed by atoms with Crippen molar-refractivity contribution in [3.05, 3.63) is 6.33 Å². The van der Waals surface area contributed by atoms with Gasteiger partial charge in [-0.05, 0) is 12.8 Å². The zero-order chi connectivity index (χ0) is 11.1. The molecule has 0 aromatic carbocycles. The summed E-state index contributed by atoms with van der Waals surface area (Å²) in [4.78, 5) is 15.1. The van der Waals surface area contributed by atoms with Gasteiger partial charge in [-0.15, -0.1) is 0 Å². The lowest BCUT2D eigenvalue weighted by atomic mass is 10.4. The average molecular weight is 218 g/mol. The van der Waals surface area contributed by atoms with Crippen LogP contribution in [0.1, 0.15) is 12.8 Å². The standard InChI is InChI=1S/C10H14N6/c1-15-6-12-7-8(15)13-10(11)14-9(7)16-4-2-3-5-16/h6H,2-5H2,1H3,(H2,11,13,14). The van der Waals surface area contributed by atoms with Gasteiger partial charge >= 0.3 is 0 Å². The third-order valence-corrected chi connectivity index (χ3v) is 2.96. The first-order valence-electron chi connectivity index (χ1n) is 5.45. The van der Waals surface area contributed by atoms with Gasteiger partial charge in [0, 0.05) is 20.1 Å². The fourth-order valence-electron chi connectivity index (χ4n) is 2.16. The molecular weight excluding hydrogens is 204 g/mol. The minimum atomic E-state index is 0.318. The number of hydrogen-bond donors (Lipinski definition) is 1. The average Bonchev–Trinajstić information content (AvgIpc) is 2.88. The Morgan fingerprint density at radius 3 is 2.75 bits per heavy atom. The van der Waals surface area contributed by atoms with Crippen molar-refractivity contribution in [1.29, 1.82) is 0 Å². The van der Waals surface area contributed by atoms with E-state index in [1.807, 2.05) is 11.6 Å². The molecule has 3 heterocycles. The van der Waals surface area contributed by atoms with E-state index in [2.05, 4.69) is 19.9 Å². The SMILES string of the molecule is Cn1cnc2c(N3CCCC3)nc(N)nc21. The minimum absolute atomic E-state index is 0.318. The van der Waals surface area contributed by atoms with Crippen LogP contribution in [-0.2, 0) is 7.05 Å². The minimum Gasteiger partial charge on any atom is -0.368 e. The molecular formula is C10H14N6. The molecule has 0 unspecified atom stereocenters. The Bertz CT molecular complexity index is 525. The van der Waals surface area contributed by atoms with Crippen LogP contribution in [0.25, 0.3) is 11.2 Å². The number of hydrogen-bond acceptors (Lipinski definition) is 5. The van der Waals surface area contributed by atoms with E-state index in [-0.39, 0.29) is 0 Å². The molecule has 2 aromatic rings. The van der Waals surface area contributed by atoms with Crippen LogP contribution in [0.15, 0.2) is 6.33 Å². The summed E-state index contributed by atoms with van der Waals surface area (Å²) in [5.41, 5.74) is 7.38. The molecule has 1 saturated heterocycles. The van der Waals surface area contributed by atoms with Gasteiger partial charge in [0.1, 0.15) is 0 Å². The Kier molecular flexibility index (Phi) is 1.95. The van der Waals surface area contributed by atoms with Crippen LogP contribution < -0.4 is 10.6 Å². The monoisotopic (exact) mass is 218 g/mol. The van der Waals surface area contributed by atoms with Crippen molar-refractivity contribution >= 4 is 22.9 Å². The van der Waals surface area contributed by atoms with Gasteiger partial charge in [-0.3, -0.25) is 0 Å². The van der Waals surface area contributed by atoms with Crippen LogP contribution in [-0.4, -0.2) is 32.6 Å². The number of rotatable bonds is 1. The molecule has 2 aromatic heterocycles. The summed E-state index contributed by atoms with van der Waals surface area (Å²) < 4.78 is 1.87. The van der Waals surface area contributed by atoms with Crippen molar-refractivity contribution in [2.45, 2.75) is 12.8 Å². The second-order valence-corrected chi connectivity index (χ2v) is 4.13. The van der Waals surface area contributed by atoms with Crippen molar-refractivity contribution in [1.82, 2.24) is 19.5 Å². The van der Waals surface area contributed by atoms with E-state index >= 15 is 0 Å². The van der Waals surface area contributed by atoms with Gasteiger partial charge in [-0.1, -0.05) is 0 Å². The van der Waals surface area contributed by atoms with E-state index in [4.69, 9.17) is 5.73 Å². The molecule has 0 amide bonds. The topological polar surface area (TPSA) is 72.9 Å². The van der Waals surface area contributed by atoms with Gasteiger partial charge in [0.15, 0.2) is 17.0 Å². The van der Waals surface area contributed by atoms with Crippen molar-refractivity contribution in [2.24, 2.45) is 7.05 Å². The van der Waals surface area contributed by atoms with Crippen LogP contribution in [0, 0.1) is 0 Å². The van der Waals surface area contributed by atoms with Gasteiger partial charge in [0.2, 0.25) is 5.95 Å². The Labute approximate surface area is 93.1 Å². The van der Waals surface area contributed by atoms with Crippen molar-refractivity contribution in [3.63, 3.8) is 0 Å². The predicted molar refractivity (Wildman–Crippen MR) is 62.2 cm³/mol. The van der Waals surface area contributed by atoms with Crippen LogP contribution in [0.3, 0.4) is 0 Å². The highest BCUT2D eigenvalue weighted by molar-refractivity contribution is 5.84. The van der Waals surface area contributed by atoms with Gasteiger partial charge in [-0.2, -0.15) is 9.97 Å². The molecule has 1 fully saturated rings. The Morgan fingerprint density at radius 1 is 1.25 bits per heavy atom. The Morgan fingerprint density at radius 2 is 2.00 bits per heavy atom. The first kappa shape index (κ1) is 9.38. The quantitative estimate of drug-likeness (QED) is 0.756. The molecule has 2 N–H and O–H groups in total. The number of anilines is 2. The Hall–Kier alpha value is -1.85. The summed E-state index contributed by atoms with van der Waals surface area (Å²) in [6.07, 6.45) is 4.16. The lowest BCUT2D eigenvalue weighted by Gasteiger charge is -2.16. The highest BCUT2D eigenvalue weighted by atomic mass is 15.3. The Balaban J connectivity index is 2.21. The molecule has 3 rings (SSSR count). The van der Waals surface area contributed by atoms with E-state index in [0.717, 1.165) is 30.1 Å². The van der Waals surface area contributed by atoms with Crippen LogP contribution in [0.2, 0.25) is 0 Å². The summed E-state index contributed by atoms with van der Waals surface area (Å²) in [6, 6.07) is 0. The fourth-order valence-corrected chi connectivity index (χ4v) is 2.16. The van der Waals surface area contributed by atoms with Crippen molar-refractivity contribution in [2.75, 3.05) is 23.7 Å². The molecule has 0 aliphatic carbocycles. The largest absolute Gasteiger partial charge is 0.368 e. The maximum Gasteiger partial charge on any atom is 0.224 e. The van der Waals surface area contributed by atoms with Gasteiger partial charge in [-0.25, -0.2) is 4.98 Å². The summed E-state index contributed by atoms with van der Waals surface area (Å²) in [7, 11) is 1.91. The second-order valence-electron chi connectivity index (χ2n) is 4.13. The van der Waals surface area contributed by atoms with Crippen molar-refractivity contribution < 1.29 is 0 Å². The van der Waals surface area contributed by atoms with Crippen LogP contribution in [0.4, 0.5) is 11.8 Å². The van der Waals surface area contributed by atoms with E-state index in [0.29, 0.717) is 5.95 Å². The number of aromatic nitrogens is 4. The number of nitrogens with two attached hydrogens (primary N) is 1. The summed E-state index contributed by atoms with van der Waals surface area (Å²) in [5.74, 6) is 1.19. The van der Waals surface area contributed by atoms with Gasteiger partial charge in [0.25, 0.3) is 0 Å². The molecule has 0 saturated carbocycles. The molecule has 6 heteroatoms. The second kappa shape index (κ2) is 3.33. The zero-order valence-corrected chi connectivity index (χ0v) is 9.22. The lowest BCUT2D eigenvalue weighted by molar-refractivity contribution is 0.922. The zero-order valence-electron chi connectivity index (χ0n) is 9.22. The maximum absolute atomic E-state index is 5.73. The van der Waals surface area contributed by atoms with Crippen LogP contribution >= 0.6 is 0 Å². The number of nitrogens with zero attached hydrogens (tertiary/aromatic N) is 5. The number of nitrogen functional groups attached to an aromatic ring is 1. The predicted octanol–water partition coefficient (Wildman–Crippen LogP) is 0.546. The fraction of sp³-hybridized carbons (Fsp3) is 0.500. The molecule has 6 nitrogen and oxygen atoms in total. The smallest absolute Gasteiger partial charge is 0.224 e. The molecule has 1 aliphatic rings. The molecule has 0 spiro atoms. The van der Waals surface area contributed by atoms with Gasteiger partial charge < -0.3 is 15.2 Å². The third-order valence-electron chi connectivity index (χ3n) is 2.96. The van der Waals surface area contributed by atoms with E-state index < -0.39 is 0 Å². The normalized spacial score (nSPS) is 16.2. The number of fused-ring (bicyclic) bond motifs is 1. The molecule has 1 aliphatic heterocycles. The molecule has 0 bridgehead atoms. The molecule has 0 atom stereocenters. The summed E-state index contributed by atoms with van der Waals surface area (Å²) >= 11 is 0. The molecule has 84 valence electrons. The first-order valence-corrected chi connectivity index (χ1v) is 5.45. The summed E-state index contributed by atoms with van der Waals surface area (Å²) in [6.45, 7) is 2.06. The van der Waals surface area contributed by atoms with Gasteiger partial charge in [0.05, 0.1) is 6.33 Å². The molecule has 0 radical (unpaired) electrons. The number of aryl methyl sites for hydroxylation is 1. The van der Waals surface area contributed by atoms with E-state index in [1.54, 1.807) is 6.33 Å². The van der Waals surface area contributed by atoms with Crippen molar-refractivity contribution in [3.8, 4) is 0 Å². The van der Waals surface area contributed by atoms with Crippen LogP contribution in [0.5, 0.6) is 0 Å². The first-order chi connectivity index (χ1) is 7.75. The highest BCUT2D eigenvalue weighted by Gasteiger charge is 2.19. The highest BCUT2D eigenvalue weighted by Crippen LogP contribution is 2.25. The lowest BCUT2D eigenvalue weighted by Crippen LogP contribution is -2.20. The maximum atomic E-state index is 5.73. The van der Waals surface area contributed by atoms with E-state index in [1.165, 1.54) is 12.8 Å². The summed E-state index contributed by atoms with van der Waals surface area (Å²) in [5, 5.41) is 0. The third kappa shape index (κ3) is 1.30. The van der Waals surface area contributed by atoms with E-state index in [9.17, 15) is 0 Å². The molecule has 16 heavy (non-hydrogen) atoms. The number of imidazole rings is 1.